The SMILES string of the molecule is CCCC(C(=O)N1CCCS(=O)(=O)CC1)C(N)=NO. The van der Waals surface area contributed by atoms with E-state index in [0.717, 1.165) is 6.42 Å². The van der Waals surface area contributed by atoms with Crippen LogP contribution >= 0.6 is 0 Å². The van der Waals surface area contributed by atoms with Gasteiger partial charge < -0.3 is 15.8 Å². The second kappa shape index (κ2) is 6.74. The highest BCUT2D eigenvalue weighted by Gasteiger charge is 2.29. The van der Waals surface area contributed by atoms with Gasteiger partial charge in [0.1, 0.15) is 0 Å². The summed E-state index contributed by atoms with van der Waals surface area (Å²) in [6.45, 7) is 2.48. The maximum Gasteiger partial charge on any atom is 0.233 e. The second-order valence-corrected chi connectivity index (χ2v) is 7.00. The van der Waals surface area contributed by atoms with Gasteiger partial charge in [0.15, 0.2) is 15.7 Å². The van der Waals surface area contributed by atoms with Gasteiger partial charge in [-0.2, -0.15) is 0 Å². The first-order valence-electron chi connectivity index (χ1n) is 6.38. The summed E-state index contributed by atoms with van der Waals surface area (Å²) in [7, 11) is -3.05. The number of nitrogens with zero attached hydrogens (tertiary/aromatic N) is 2. The Morgan fingerprint density at radius 2 is 2.11 bits per heavy atom. The number of nitrogens with two attached hydrogens (primary N) is 1. The molecule has 0 aromatic rings. The van der Waals surface area contributed by atoms with Crippen molar-refractivity contribution < 1.29 is 18.4 Å². The third-order valence-electron chi connectivity index (χ3n) is 3.22. The van der Waals surface area contributed by atoms with E-state index in [1.807, 2.05) is 6.92 Å². The molecule has 3 N–H and O–H groups in total. The Hall–Kier alpha value is -1.31. The van der Waals surface area contributed by atoms with E-state index in [-0.39, 0.29) is 29.8 Å². The number of oxime groups is 1. The molecule has 1 aliphatic rings. The minimum absolute atomic E-state index is 0.0201. The molecule has 0 aliphatic carbocycles. The van der Waals surface area contributed by atoms with Crippen molar-refractivity contribution in [2.75, 3.05) is 24.6 Å². The topological polar surface area (TPSA) is 113 Å². The zero-order valence-electron chi connectivity index (χ0n) is 11.1. The highest BCUT2D eigenvalue weighted by atomic mass is 32.2. The van der Waals surface area contributed by atoms with Crippen LogP contribution in [0, 0.1) is 5.92 Å². The predicted octanol–water partition coefficient (Wildman–Crippen LogP) is -0.204. The standard InChI is InChI=1S/C11H21N3O4S/c1-2-4-9(10(12)13-16)11(15)14-5-3-7-19(17,18)8-6-14/h9,16H,2-8H2,1H3,(H2,12,13). The molecule has 1 amide bonds. The first-order chi connectivity index (χ1) is 8.91. The van der Waals surface area contributed by atoms with Crippen LogP contribution in [-0.2, 0) is 14.6 Å². The quantitative estimate of drug-likeness (QED) is 0.322. The molecule has 110 valence electrons. The molecular formula is C11H21N3O4S. The first kappa shape index (κ1) is 15.7. The fourth-order valence-electron chi connectivity index (χ4n) is 2.14. The predicted molar refractivity (Wildman–Crippen MR) is 71.7 cm³/mol. The Balaban J connectivity index is 2.79. The highest BCUT2D eigenvalue weighted by Crippen LogP contribution is 2.14. The number of hydrogen-bond acceptors (Lipinski definition) is 5. The van der Waals surface area contributed by atoms with Gasteiger partial charge in [0.25, 0.3) is 0 Å². The fraction of sp³-hybridized carbons (Fsp3) is 0.818. The largest absolute Gasteiger partial charge is 0.409 e. The number of carbonyl (C=O) groups is 1. The summed E-state index contributed by atoms with van der Waals surface area (Å²) in [6.07, 6.45) is 1.64. The van der Waals surface area contributed by atoms with Crippen LogP contribution in [0.4, 0.5) is 0 Å². The Bertz CT molecular complexity index is 447. The third-order valence-corrected chi connectivity index (χ3v) is 4.93. The minimum Gasteiger partial charge on any atom is -0.409 e. The van der Waals surface area contributed by atoms with Gasteiger partial charge in [-0.05, 0) is 12.8 Å². The van der Waals surface area contributed by atoms with Crippen molar-refractivity contribution in [3.8, 4) is 0 Å². The summed E-state index contributed by atoms with van der Waals surface area (Å²) in [4.78, 5) is 13.8. The zero-order valence-corrected chi connectivity index (χ0v) is 11.9. The van der Waals surface area contributed by atoms with Crippen LogP contribution < -0.4 is 5.73 Å². The molecule has 1 unspecified atom stereocenters. The number of hydrogen-bond donors (Lipinski definition) is 2. The number of amides is 1. The Morgan fingerprint density at radius 1 is 1.42 bits per heavy atom. The molecule has 1 rings (SSSR count). The summed E-state index contributed by atoms with van der Waals surface area (Å²) >= 11 is 0. The van der Waals surface area contributed by atoms with Gasteiger partial charge in [0, 0.05) is 13.1 Å². The normalized spacial score (nSPS) is 21.7. The van der Waals surface area contributed by atoms with Crippen LogP contribution in [-0.4, -0.2) is 54.9 Å². The molecule has 7 nitrogen and oxygen atoms in total. The average molecular weight is 291 g/mol. The van der Waals surface area contributed by atoms with Crippen LogP contribution in [0.3, 0.4) is 0 Å². The Labute approximate surface area is 113 Å². The molecule has 0 aromatic carbocycles. The Morgan fingerprint density at radius 3 is 2.68 bits per heavy atom. The second-order valence-electron chi connectivity index (χ2n) is 4.70. The van der Waals surface area contributed by atoms with Crippen LogP contribution in [0.25, 0.3) is 0 Å². The molecule has 8 heteroatoms. The van der Waals surface area contributed by atoms with E-state index in [4.69, 9.17) is 10.9 Å². The van der Waals surface area contributed by atoms with E-state index in [0.29, 0.717) is 19.4 Å². The molecule has 1 saturated heterocycles. The van der Waals surface area contributed by atoms with Gasteiger partial charge in [-0.15, -0.1) is 0 Å². The van der Waals surface area contributed by atoms with Crippen molar-refractivity contribution >= 4 is 21.6 Å². The summed E-state index contributed by atoms with van der Waals surface area (Å²) < 4.78 is 23.0. The van der Waals surface area contributed by atoms with Crippen LogP contribution in [0.15, 0.2) is 5.16 Å². The van der Waals surface area contributed by atoms with Gasteiger partial charge in [-0.25, -0.2) is 8.42 Å². The summed E-state index contributed by atoms with van der Waals surface area (Å²) in [5.41, 5.74) is 5.54. The van der Waals surface area contributed by atoms with Crippen LogP contribution in [0.5, 0.6) is 0 Å². The molecule has 0 bridgehead atoms. The lowest BCUT2D eigenvalue weighted by Crippen LogP contribution is -2.43. The maximum absolute atomic E-state index is 12.3. The van der Waals surface area contributed by atoms with Crippen molar-refractivity contribution in [1.82, 2.24) is 4.90 Å². The summed E-state index contributed by atoms with van der Waals surface area (Å²) in [5, 5.41) is 11.6. The molecule has 0 saturated carbocycles. The minimum atomic E-state index is -3.05. The molecule has 0 spiro atoms. The molecule has 1 aliphatic heterocycles. The highest BCUT2D eigenvalue weighted by molar-refractivity contribution is 7.91. The van der Waals surface area contributed by atoms with Gasteiger partial charge in [0.2, 0.25) is 5.91 Å². The number of carbonyl (C=O) groups excluding carboxylic acids is 1. The lowest BCUT2D eigenvalue weighted by molar-refractivity contribution is -0.133. The van der Waals surface area contributed by atoms with Crippen molar-refractivity contribution in [3.05, 3.63) is 0 Å². The van der Waals surface area contributed by atoms with E-state index in [9.17, 15) is 13.2 Å². The molecule has 1 heterocycles. The van der Waals surface area contributed by atoms with Gasteiger partial charge in [0.05, 0.1) is 17.4 Å². The molecule has 19 heavy (non-hydrogen) atoms. The third kappa shape index (κ3) is 4.38. The van der Waals surface area contributed by atoms with E-state index in [1.54, 1.807) is 0 Å². The van der Waals surface area contributed by atoms with Gasteiger partial charge in [-0.1, -0.05) is 18.5 Å². The van der Waals surface area contributed by atoms with Crippen LogP contribution in [0.1, 0.15) is 26.2 Å². The van der Waals surface area contributed by atoms with E-state index in [2.05, 4.69) is 5.16 Å². The molecule has 1 atom stereocenters. The maximum atomic E-state index is 12.3. The van der Waals surface area contributed by atoms with Crippen molar-refractivity contribution in [2.45, 2.75) is 26.2 Å². The first-order valence-corrected chi connectivity index (χ1v) is 8.20. The van der Waals surface area contributed by atoms with E-state index >= 15 is 0 Å². The van der Waals surface area contributed by atoms with Crippen molar-refractivity contribution in [2.24, 2.45) is 16.8 Å². The number of rotatable bonds is 4. The van der Waals surface area contributed by atoms with Gasteiger partial charge in [-0.3, -0.25) is 4.79 Å². The lowest BCUT2D eigenvalue weighted by atomic mass is 10.0. The smallest absolute Gasteiger partial charge is 0.233 e. The molecule has 0 aromatic heterocycles. The van der Waals surface area contributed by atoms with Crippen molar-refractivity contribution in [1.29, 1.82) is 0 Å². The number of amidine groups is 1. The summed E-state index contributed by atoms with van der Waals surface area (Å²) in [6, 6.07) is 0. The van der Waals surface area contributed by atoms with E-state index < -0.39 is 15.8 Å². The number of sulfone groups is 1. The fourth-order valence-corrected chi connectivity index (χ4v) is 3.41. The van der Waals surface area contributed by atoms with Crippen LogP contribution in [0.2, 0.25) is 0 Å². The Kier molecular flexibility index (Phi) is 5.59. The molecule has 0 radical (unpaired) electrons. The molecule has 1 fully saturated rings. The van der Waals surface area contributed by atoms with Gasteiger partial charge >= 0.3 is 0 Å². The average Bonchev–Trinajstić information content (AvgIpc) is 2.55. The van der Waals surface area contributed by atoms with Crippen molar-refractivity contribution in [3.63, 3.8) is 0 Å². The molecular weight excluding hydrogens is 270 g/mol. The summed E-state index contributed by atoms with van der Waals surface area (Å²) in [5.74, 6) is -0.948. The van der Waals surface area contributed by atoms with E-state index in [1.165, 1.54) is 4.90 Å². The zero-order chi connectivity index (χ0) is 14.5. The monoisotopic (exact) mass is 291 g/mol. The lowest BCUT2D eigenvalue weighted by Gasteiger charge is -2.24.